The van der Waals surface area contributed by atoms with Crippen molar-refractivity contribution in [2.45, 2.75) is 13.0 Å². The predicted octanol–water partition coefficient (Wildman–Crippen LogP) is 1.75. The van der Waals surface area contributed by atoms with Crippen molar-refractivity contribution in [3.63, 3.8) is 0 Å². The van der Waals surface area contributed by atoms with Crippen LogP contribution < -0.4 is 5.32 Å². The Morgan fingerprint density at radius 3 is 2.93 bits per heavy atom. The molecular weight excluding hydrogens is 202 g/mol. The first kappa shape index (κ1) is 11.0. The van der Waals surface area contributed by atoms with Crippen molar-refractivity contribution < 1.29 is 9.90 Å². The van der Waals surface area contributed by atoms with Gasteiger partial charge in [-0.2, -0.15) is 0 Å². The summed E-state index contributed by atoms with van der Waals surface area (Å²) in [6, 6.07) is 7.07. The number of nitrogens with one attached hydrogen (secondary N) is 1. The highest BCUT2D eigenvalue weighted by Gasteiger charge is 2.01. The van der Waals surface area contributed by atoms with E-state index in [1.54, 1.807) is 24.3 Å². The van der Waals surface area contributed by atoms with E-state index in [9.17, 15) is 4.79 Å². The average Bonchev–Trinajstić information content (AvgIpc) is 2.18. The van der Waals surface area contributed by atoms with Gasteiger partial charge in [-0.1, -0.05) is 12.1 Å². The fourth-order valence-electron chi connectivity index (χ4n) is 1.06. The molecule has 1 aromatic rings. The van der Waals surface area contributed by atoms with Gasteiger partial charge in [0, 0.05) is 18.0 Å². The molecule has 14 heavy (non-hydrogen) atoms. The lowest BCUT2D eigenvalue weighted by atomic mass is 10.2. The van der Waals surface area contributed by atoms with E-state index in [0.717, 1.165) is 5.56 Å². The minimum Gasteiger partial charge on any atom is -0.392 e. The lowest BCUT2D eigenvalue weighted by Gasteiger charge is -2.04. The van der Waals surface area contributed by atoms with Crippen molar-refractivity contribution in [2.75, 3.05) is 11.2 Å². The third-order valence-corrected chi connectivity index (χ3v) is 1.90. The molecule has 1 amide bonds. The van der Waals surface area contributed by atoms with E-state index in [0.29, 0.717) is 18.0 Å². The number of hydrogen-bond donors (Lipinski definition) is 2. The molecule has 0 aliphatic carbocycles. The second-order valence-corrected chi connectivity index (χ2v) is 3.22. The number of alkyl halides is 1. The fourth-order valence-corrected chi connectivity index (χ4v) is 1.23. The topological polar surface area (TPSA) is 49.3 Å². The van der Waals surface area contributed by atoms with Crippen LogP contribution in [-0.2, 0) is 11.4 Å². The quantitative estimate of drug-likeness (QED) is 0.749. The lowest BCUT2D eigenvalue weighted by Crippen LogP contribution is -2.11. The third-order valence-electron chi connectivity index (χ3n) is 1.71. The number of amides is 1. The maximum Gasteiger partial charge on any atom is 0.225 e. The smallest absolute Gasteiger partial charge is 0.225 e. The summed E-state index contributed by atoms with van der Waals surface area (Å²) in [5.41, 5.74) is 1.46. The standard InChI is InChI=1S/C10H12ClNO2/c11-5-4-10(14)12-9-3-1-2-8(6-9)7-13/h1-3,6,13H,4-5,7H2,(H,12,14). The highest BCUT2D eigenvalue weighted by molar-refractivity contribution is 6.19. The molecule has 2 N–H and O–H groups in total. The van der Waals surface area contributed by atoms with E-state index >= 15 is 0 Å². The molecule has 3 nitrogen and oxygen atoms in total. The molecule has 0 bridgehead atoms. The van der Waals surface area contributed by atoms with Crippen molar-refractivity contribution in [1.29, 1.82) is 0 Å². The van der Waals surface area contributed by atoms with Gasteiger partial charge in [0.15, 0.2) is 0 Å². The average molecular weight is 214 g/mol. The Balaban J connectivity index is 2.62. The Labute approximate surface area is 87.7 Å². The monoisotopic (exact) mass is 213 g/mol. The predicted molar refractivity (Wildman–Crippen MR) is 56.3 cm³/mol. The third kappa shape index (κ3) is 3.36. The number of halogens is 1. The van der Waals surface area contributed by atoms with Crippen LogP contribution in [0.15, 0.2) is 24.3 Å². The van der Waals surface area contributed by atoms with Crippen molar-refractivity contribution in [1.82, 2.24) is 0 Å². The van der Waals surface area contributed by atoms with Crippen LogP contribution >= 0.6 is 11.6 Å². The van der Waals surface area contributed by atoms with E-state index in [-0.39, 0.29) is 12.5 Å². The molecule has 0 saturated carbocycles. The van der Waals surface area contributed by atoms with E-state index in [2.05, 4.69) is 5.32 Å². The first-order valence-corrected chi connectivity index (χ1v) is 4.85. The fraction of sp³-hybridized carbons (Fsp3) is 0.300. The Morgan fingerprint density at radius 1 is 1.50 bits per heavy atom. The number of carbonyl (C=O) groups is 1. The zero-order valence-corrected chi connectivity index (χ0v) is 8.42. The number of aliphatic hydroxyl groups is 1. The Kier molecular flexibility index (Phi) is 4.43. The molecule has 0 fully saturated rings. The molecule has 0 aromatic heterocycles. The molecule has 0 spiro atoms. The van der Waals surface area contributed by atoms with Gasteiger partial charge in [0.05, 0.1) is 6.61 Å². The lowest BCUT2D eigenvalue weighted by molar-refractivity contribution is -0.115. The van der Waals surface area contributed by atoms with E-state index in [4.69, 9.17) is 16.7 Å². The van der Waals surface area contributed by atoms with Gasteiger partial charge in [-0.25, -0.2) is 0 Å². The molecule has 0 atom stereocenters. The minimum atomic E-state index is -0.116. The molecule has 0 saturated heterocycles. The van der Waals surface area contributed by atoms with Gasteiger partial charge in [-0.05, 0) is 17.7 Å². The van der Waals surface area contributed by atoms with Gasteiger partial charge in [-0.3, -0.25) is 4.79 Å². The Hall–Kier alpha value is -1.06. The normalized spacial score (nSPS) is 9.86. The number of anilines is 1. The van der Waals surface area contributed by atoms with E-state index < -0.39 is 0 Å². The first-order chi connectivity index (χ1) is 6.76. The zero-order valence-electron chi connectivity index (χ0n) is 7.66. The summed E-state index contributed by atoms with van der Waals surface area (Å²) in [5.74, 6) is 0.195. The van der Waals surface area contributed by atoms with Crippen LogP contribution in [0.25, 0.3) is 0 Å². The number of aliphatic hydroxyl groups excluding tert-OH is 1. The largest absolute Gasteiger partial charge is 0.392 e. The van der Waals surface area contributed by atoms with Crippen LogP contribution in [-0.4, -0.2) is 16.9 Å². The van der Waals surface area contributed by atoms with Gasteiger partial charge in [-0.15, -0.1) is 11.6 Å². The highest BCUT2D eigenvalue weighted by atomic mass is 35.5. The number of hydrogen-bond acceptors (Lipinski definition) is 2. The summed E-state index contributed by atoms with van der Waals surface area (Å²) < 4.78 is 0. The number of benzene rings is 1. The molecule has 0 aliphatic heterocycles. The molecule has 0 radical (unpaired) electrons. The summed E-state index contributed by atoms with van der Waals surface area (Å²) >= 11 is 5.42. The summed E-state index contributed by atoms with van der Waals surface area (Å²) in [7, 11) is 0. The summed E-state index contributed by atoms with van der Waals surface area (Å²) in [6.45, 7) is -0.0286. The van der Waals surface area contributed by atoms with Gasteiger partial charge >= 0.3 is 0 Å². The molecule has 0 unspecified atom stereocenters. The second kappa shape index (κ2) is 5.62. The van der Waals surface area contributed by atoms with Crippen LogP contribution in [0.5, 0.6) is 0 Å². The molecule has 1 rings (SSSR count). The SMILES string of the molecule is O=C(CCCl)Nc1cccc(CO)c1. The van der Waals surface area contributed by atoms with Crippen molar-refractivity contribution in [2.24, 2.45) is 0 Å². The maximum absolute atomic E-state index is 11.2. The van der Waals surface area contributed by atoms with Gasteiger partial charge < -0.3 is 10.4 Å². The summed E-state index contributed by atoms with van der Waals surface area (Å²) in [6.07, 6.45) is 0.297. The molecule has 4 heteroatoms. The Morgan fingerprint density at radius 2 is 2.29 bits per heavy atom. The van der Waals surface area contributed by atoms with Crippen molar-refractivity contribution in [3.8, 4) is 0 Å². The number of carbonyl (C=O) groups excluding carboxylic acids is 1. The van der Waals surface area contributed by atoms with Crippen molar-refractivity contribution >= 4 is 23.2 Å². The van der Waals surface area contributed by atoms with Crippen LogP contribution in [0, 0.1) is 0 Å². The van der Waals surface area contributed by atoms with Crippen LogP contribution in [0.3, 0.4) is 0 Å². The molecule has 1 aromatic carbocycles. The molecule has 0 aliphatic rings. The van der Waals surface area contributed by atoms with E-state index in [1.165, 1.54) is 0 Å². The van der Waals surface area contributed by atoms with Crippen LogP contribution in [0.4, 0.5) is 5.69 Å². The molecule has 76 valence electrons. The van der Waals surface area contributed by atoms with Gasteiger partial charge in [0.25, 0.3) is 0 Å². The molecular formula is C10H12ClNO2. The first-order valence-electron chi connectivity index (χ1n) is 4.32. The maximum atomic E-state index is 11.2. The van der Waals surface area contributed by atoms with Gasteiger partial charge in [0.1, 0.15) is 0 Å². The summed E-state index contributed by atoms with van der Waals surface area (Å²) in [4.78, 5) is 11.2. The van der Waals surface area contributed by atoms with Crippen molar-refractivity contribution in [3.05, 3.63) is 29.8 Å². The van der Waals surface area contributed by atoms with E-state index in [1.807, 2.05) is 0 Å². The van der Waals surface area contributed by atoms with Crippen LogP contribution in [0.2, 0.25) is 0 Å². The number of rotatable bonds is 4. The zero-order chi connectivity index (χ0) is 10.4. The summed E-state index contributed by atoms with van der Waals surface area (Å²) in [5, 5.41) is 11.5. The highest BCUT2D eigenvalue weighted by Crippen LogP contribution is 2.10. The molecule has 0 heterocycles. The van der Waals surface area contributed by atoms with Crippen LogP contribution in [0.1, 0.15) is 12.0 Å². The van der Waals surface area contributed by atoms with Gasteiger partial charge in [0.2, 0.25) is 5.91 Å². The Bertz CT molecular complexity index is 315. The minimum absolute atomic E-state index is 0.0286. The second-order valence-electron chi connectivity index (χ2n) is 2.85.